The van der Waals surface area contributed by atoms with Crippen molar-refractivity contribution in [3.63, 3.8) is 0 Å². The van der Waals surface area contributed by atoms with Gasteiger partial charge in [-0.05, 0) is 22.0 Å². The average molecular weight is 367 g/mol. The number of aliphatic hydroxyl groups is 1. The first-order chi connectivity index (χ1) is 9.50. The van der Waals surface area contributed by atoms with Gasteiger partial charge >= 0.3 is 0 Å². The van der Waals surface area contributed by atoms with E-state index in [1.807, 2.05) is 0 Å². The molecule has 0 amide bonds. The Morgan fingerprint density at radius 3 is 3.05 bits per heavy atom. The van der Waals surface area contributed by atoms with Gasteiger partial charge in [0.2, 0.25) is 10.0 Å². The molecule has 0 aliphatic carbocycles. The predicted octanol–water partition coefficient (Wildman–Crippen LogP) is -0.489. The van der Waals surface area contributed by atoms with Crippen LogP contribution in [0, 0.1) is 0 Å². The lowest BCUT2D eigenvalue weighted by atomic mass is 10.3. The van der Waals surface area contributed by atoms with E-state index in [1.54, 1.807) is 0 Å². The smallest absolute Gasteiger partial charge is 0.247 e. The average Bonchev–Trinajstić information content (AvgIpc) is 2.47. The first-order valence-corrected chi connectivity index (χ1v) is 8.06. The largest absolute Gasteiger partial charge is 0.395 e. The van der Waals surface area contributed by atoms with Crippen molar-refractivity contribution in [2.24, 2.45) is 5.84 Å². The summed E-state index contributed by atoms with van der Waals surface area (Å²) < 4.78 is 32.3. The number of pyridine rings is 1. The van der Waals surface area contributed by atoms with Crippen molar-refractivity contribution in [1.29, 1.82) is 0 Å². The SMILES string of the molecule is NNc1ncc(Br)cc1S(=O)(=O)N1CCOCC1CO. The number of nitrogens with two attached hydrogens (primary N) is 1. The summed E-state index contributed by atoms with van der Waals surface area (Å²) in [5.74, 6) is 5.36. The number of ether oxygens (including phenoxy) is 1. The lowest BCUT2D eigenvalue weighted by Gasteiger charge is -2.33. The summed E-state index contributed by atoms with van der Waals surface area (Å²) in [4.78, 5) is 3.88. The van der Waals surface area contributed by atoms with Crippen molar-refractivity contribution in [2.45, 2.75) is 10.9 Å². The molecule has 1 aliphatic rings. The fraction of sp³-hybridized carbons (Fsp3) is 0.500. The van der Waals surface area contributed by atoms with Gasteiger partial charge in [-0.3, -0.25) is 0 Å². The molecular weight excluding hydrogens is 352 g/mol. The van der Waals surface area contributed by atoms with Crippen molar-refractivity contribution < 1.29 is 18.3 Å². The number of nitrogens with zero attached hydrogens (tertiary/aromatic N) is 2. The molecule has 0 radical (unpaired) electrons. The van der Waals surface area contributed by atoms with Gasteiger partial charge in [-0.15, -0.1) is 0 Å². The van der Waals surface area contributed by atoms with Crippen LogP contribution in [0.15, 0.2) is 21.6 Å². The minimum absolute atomic E-state index is 0.0466. The van der Waals surface area contributed by atoms with E-state index in [0.29, 0.717) is 4.47 Å². The zero-order valence-electron chi connectivity index (χ0n) is 10.5. The van der Waals surface area contributed by atoms with Crippen LogP contribution in [-0.2, 0) is 14.8 Å². The monoisotopic (exact) mass is 366 g/mol. The number of anilines is 1. The molecule has 1 aromatic heterocycles. The molecule has 0 bridgehead atoms. The molecule has 0 saturated carbocycles. The zero-order chi connectivity index (χ0) is 14.8. The number of rotatable bonds is 4. The first-order valence-electron chi connectivity index (χ1n) is 5.83. The molecule has 8 nitrogen and oxygen atoms in total. The maximum absolute atomic E-state index is 12.7. The first kappa shape index (κ1) is 15.6. The van der Waals surface area contributed by atoms with Crippen LogP contribution in [0.5, 0.6) is 0 Å². The van der Waals surface area contributed by atoms with Crippen LogP contribution >= 0.6 is 15.9 Å². The minimum atomic E-state index is -3.83. The molecule has 4 N–H and O–H groups in total. The molecule has 112 valence electrons. The molecule has 1 saturated heterocycles. The molecular formula is C10H15BrN4O4S. The summed E-state index contributed by atoms with van der Waals surface area (Å²) in [6.07, 6.45) is 1.44. The highest BCUT2D eigenvalue weighted by molar-refractivity contribution is 9.10. The summed E-state index contributed by atoms with van der Waals surface area (Å²) in [6.45, 7) is 0.293. The van der Waals surface area contributed by atoms with E-state index in [0.717, 1.165) is 0 Å². The van der Waals surface area contributed by atoms with Gasteiger partial charge in [0, 0.05) is 17.2 Å². The molecule has 2 rings (SSSR count). The van der Waals surface area contributed by atoms with Gasteiger partial charge in [-0.1, -0.05) is 0 Å². The molecule has 1 fully saturated rings. The second-order valence-corrected chi connectivity index (χ2v) is 6.95. The highest BCUT2D eigenvalue weighted by Gasteiger charge is 2.35. The van der Waals surface area contributed by atoms with E-state index < -0.39 is 16.1 Å². The van der Waals surface area contributed by atoms with Crippen molar-refractivity contribution >= 4 is 31.8 Å². The second-order valence-electron chi connectivity index (χ2n) is 4.17. The van der Waals surface area contributed by atoms with Crippen LogP contribution in [0.1, 0.15) is 0 Å². The molecule has 0 spiro atoms. The number of halogens is 1. The third-order valence-corrected chi connectivity index (χ3v) is 5.33. The Labute approximate surface area is 125 Å². The van der Waals surface area contributed by atoms with Crippen molar-refractivity contribution in [1.82, 2.24) is 9.29 Å². The Bertz CT molecular complexity index is 583. The van der Waals surface area contributed by atoms with Crippen LogP contribution in [0.25, 0.3) is 0 Å². The maximum Gasteiger partial charge on any atom is 0.247 e. The van der Waals surface area contributed by atoms with E-state index in [4.69, 9.17) is 10.6 Å². The van der Waals surface area contributed by atoms with Gasteiger partial charge in [0.15, 0.2) is 5.82 Å². The van der Waals surface area contributed by atoms with Crippen LogP contribution in [0.2, 0.25) is 0 Å². The van der Waals surface area contributed by atoms with E-state index in [-0.39, 0.29) is 37.1 Å². The summed E-state index contributed by atoms with van der Waals surface area (Å²) in [7, 11) is -3.83. The fourth-order valence-corrected chi connectivity index (χ4v) is 4.15. The molecule has 1 aromatic rings. The van der Waals surface area contributed by atoms with Gasteiger partial charge in [0.05, 0.1) is 25.9 Å². The standard InChI is InChI=1S/C10H15BrN4O4S/c11-7-3-9(10(14-12)13-4-7)20(17,18)15-1-2-19-6-8(15)5-16/h3-4,8,16H,1-2,5-6,12H2,(H,13,14). The Morgan fingerprint density at radius 1 is 1.65 bits per heavy atom. The van der Waals surface area contributed by atoms with E-state index in [1.165, 1.54) is 16.6 Å². The minimum Gasteiger partial charge on any atom is -0.395 e. The number of nitrogens with one attached hydrogen (secondary N) is 1. The van der Waals surface area contributed by atoms with Gasteiger partial charge in [0.25, 0.3) is 0 Å². The third-order valence-electron chi connectivity index (χ3n) is 2.93. The highest BCUT2D eigenvalue weighted by Crippen LogP contribution is 2.27. The zero-order valence-corrected chi connectivity index (χ0v) is 12.9. The molecule has 1 atom stereocenters. The Hall–Kier alpha value is -0.780. The fourth-order valence-electron chi connectivity index (χ4n) is 1.95. The Kier molecular flexibility index (Phi) is 4.94. The van der Waals surface area contributed by atoms with Crippen LogP contribution < -0.4 is 11.3 Å². The molecule has 0 aromatic carbocycles. The molecule has 1 aliphatic heterocycles. The number of hydrogen-bond acceptors (Lipinski definition) is 7. The number of nitrogen functional groups attached to an aromatic ring is 1. The lowest BCUT2D eigenvalue weighted by molar-refractivity contribution is 0.0109. The number of aromatic nitrogens is 1. The number of aliphatic hydroxyl groups excluding tert-OH is 1. The number of sulfonamides is 1. The normalized spacial score (nSPS) is 20.9. The van der Waals surface area contributed by atoms with Crippen LogP contribution in [-0.4, -0.2) is 55.2 Å². The van der Waals surface area contributed by atoms with Gasteiger partial charge in [-0.25, -0.2) is 19.2 Å². The van der Waals surface area contributed by atoms with Crippen molar-refractivity contribution in [3.8, 4) is 0 Å². The second kappa shape index (κ2) is 6.33. The predicted molar refractivity (Wildman–Crippen MR) is 75.3 cm³/mol. The quantitative estimate of drug-likeness (QED) is 0.486. The maximum atomic E-state index is 12.7. The summed E-state index contributed by atoms with van der Waals surface area (Å²) in [5.41, 5.74) is 2.27. The summed E-state index contributed by atoms with van der Waals surface area (Å²) in [6, 6.07) is 0.805. The number of hydrazine groups is 1. The van der Waals surface area contributed by atoms with E-state index >= 15 is 0 Å². The number of hydrogen-bond donors (Lipinski definition) is 3. The molecule has 2 heterocycles. The van der Waals surface area contributed by atoms with Gasteiger partial charge in [0.1, 0.15) is 4.90 Å². The topological polar surface area (TPSA) is 118 Å². The summed E-state index contributed by atoms with van der Waals surface area (Å²) >= 11 is 3.19. The van der Waals surface area contributed by atoms with Crippen molar-refractivity contribution in [3.05, 3.63) is 16.7 Å². The van der Waals surface area contributed by atoms with E-state index in [2.05, 4.69) is 26.3 Å². The van der Waals surface area contributed by atoms with Gasteiger partial charge < -0.3 is 15.3 Å². The summed E-state index contributed by atoms with van der Waals surface area (Å²) in [5, 5.41) is 9.30. The highest BCUT2D eigenvalue weighted by atomic mass is 79.9. The van der Waals surface area contributed by atoms with Crippen LogP contribution in [0.4, 0.5) is 5.82 Å². The van der Waals surface area contributed by atoms with Crippen molar-refractivity contribution in [2.75, 3.05) is 31.8 Å². The Balaban J connectivity index is 2.46. The molecule has 1 unspecified atom stereocenters. The van der Waals surface area contributed by atoms with E-state index in [9.17, 15) is 13.5 Å². The number of morpholine rings is 1. The molecule has 20 heavy (non-hydrogen) atoms. The third kappa shape index (κ3) is 2.95. The Morgan fingerprint density at radius 2 is 2.40 bits per heavy atom. The van der Waals surface area contributed by atoms with Crippen LogP contribution in [0.3, 0.4) is 0 Å². The van der Waals surface area contributed by atoms with Gasteiger partial charge in [-0.2, -0.15) is 4.31 Å². The molecule has 10 heteroatoms. The lowest BCUT2D eigenvalue weighted by Crippen LogP contribution is -2.50.